The number of aliphatic hydroxyl groups excluding tert-OH is 1. The molecule has 7 heteroatoms. The van der Waals surface area contributed by atoms with Gasteiger partial charge in [0.25, 0.3) is 0 Å². The number of nitrogens with zero attached hydrogens (tertiary/aromatic N) is 2. The number of piperazine rings is 1. The van der Waals surface area contributed by atoms with Crippen molar-refractivity contribution in [2.24, 2.45) is 0 Å². The maximum atomic E-state index is 11.9. The summed E-state index contributed by atoms with van der Waals surface area (Å²) in [5.41, 5.74) is 0. The minimum atomic E-state index is -1.12. The normalized spacial score (nSPS) is 18.4. The molecule has 1 saturated heterocycles. The summed E-state index contributed by atoms with van der Waals surface area (Å²) in [6.07, 6.45) is 0.0209. The van der Waals surface area contributed by atoms with Crippen molar-refractivity contribution in [3.05, 3.63) is 0 Å². The number of amides is 2. The minimum absolute atomic E-state index is 0.0209. The molecule has 7 nitrogen and oxygen atoms in total. The van der Waals surface area contributed by atoms with E-state index in [2.05, 4.69) is 24.1 Å². The number of carbonyl (C=O) groups excluding carboxylic acids is 1. The van der Waals surface area contributed by atoms with Crippen molar-refractivity contribution in [3.8, 4) is 0 Å². The van der Waals surface area contributed by atoms with Crippen LogP contribution >= 0.6 is 0 Å². The highest BCUT2D eigenvalue weighted by Gasteiger charge is 2.26. The lowest BCUT2D eigenvalue weighted by molar-refractivity contribution is -0.139. The van der Waals surface area contributed by atoms with E-state index in [9.17, 15) is 9.59 Å². The van der Waals surface area contributed by atoms with E-state index in [1.807, 2.05) is 0 Å². The monoisotopic (exact) mass is 273 g/mol. The van der Waals surface area contributed by atoms with E-state index < -0.39 is 12.0 Å². The molecule has 1 rings (SSSR count). The van der Waals surface area contributed by atoms with Gasteiger partial charge in [-0.2, -0.15) is 0 Å². The molecule has 1 aliphatic heterocycles. The molecule has 19 heavy (non-hydrogen) atoms. The number of hydrogen-bond donors (Lipinski definition) is 3. The molecule has 1 atom stereocenters. The first kappa shape index (κ1) is 15.7. The Kier molecular flexibility index (Phi) is 6.04. The molecule has 0 radical (unpaired) electrons. The molecule has 0 unspecified atom stereocenters. The second-order valence-electron chi connectivity index (χ2n) is 4.97. The second-order valence-corrected chi connectivity index (χ2v) is 4.97. The minimum Gasteiger partial charge on any atom is -0.480 e. The van der Waals surface area contributed by atoms with Crippen LogP contribution in [0.25, 0.3) is 0 Å². The third kappa shape index (κ3) is 4.68. The number of aliphatic hydroxyl groups is 1. The Morgan fingerprint density at radius 3 is 2.21 bits per heavy atom. The molecule has 0 saturated carbocycles. The van der Waals surface area contributed by atoms with E-state index in [-0.39, 0.29) is 19.1 Å². The van der Waals surface area contributed by atoms with Crippen LogP contribution in [0.2, 0.25) is 0 Å². The van der Waals surface area contributed by atoms with Gasteiger partial charge in [-0.25, -0.2) is 9.59 Å². The Morgan fingerprint density at radius 2 is 1.79 bits per heavy atom. The molecule has 110 valence electrons. The zero-order chi connectivity index (χ0) is 14.4. The van der Waals surface area contributed by atoms with Crippen molar-refractivity contribution in [2.45, 2.75) is 32.4 Å². The van der Waals surface area contributed by atoms with Gasteiger partial charge in [-0.15, -0.1) is 0 Å². The van der Waals surface area contributed by atoms with Crippen LogP contribution in [0, 0.1) is 0 Å². The molecule has 1 heterocycles. The van der Waals surface area contributed by atoms with Crippen LogP contribution in [0.1, 0.15) is 20.3 Å². The molecule has 0 aromatic heterocycles. The van der Waals surface area contributed by atoms with Gasteiger partial charge in [0.15, 0.2) is 0 Å². The average Bonchev–Trinajstić information content (AvgIpc) is 2.38. The number of urea groups is 1. The number of carboxylic acid groups (broad SMARTS) is 1. The Hall–Kier alpha value is -1.34. The highest BCUT2D eigenvalue weighted by Crippen LogP contribution is 2.06. The summed E-state index contributed by atoms with van der Waals surface area (Å²) < 4.78 is 0. The van der Waals surface area contributed by atoms with Crippen LogP contribution in [-0.2, 0) is 4.79 Å². The van der Waals surface area contributed by atoms with Crippen LogP contribution in [0.5, 0.6) is 0 Å². The van der Waals surface area contributed by atoms with Crippen LogP contribution < -0.4 is 5.32 Å². The van der Waals surface area contributed by atoms with E-state index >= 15 is 0 Å². The number of carboxylic acids is 1. The van der Waals surface area contributed by atoms with Gasteiger partial charge in [0, 0.05) is 45.2 Å². The number of hydrogen-bond acceptors (Lipinski definition) is 4. The van der Waals surface area contributed by atoms with Gasteiger partial charge in [0.2, 0.25) is 0 Å². The largest absolute Gasteiger partial charge is 0.480 e. The highest BCUT2D eigenvalue weighted by atomic mass is 16.4. The van der Waals surface area contributed by atoms with Crippen LogP contribution in [0.3, 0.4) is 0 Å². The van der Waals surface area contributed by atoms with Gasteiger partial charge in [0.1, 0.15) is 6.04 Å². The van der Waals surface area contributed by atoms with Crippen LogP contribution in [-0.4, -0.2) is 76.9 Å². The third-order valence-corrected chi connectivity index (χ3v) is 3.35. The summed E-state index contributed by atoms with van der Waals surface area (Å²) in [7, 11) is 0. The zero-order valence-corrected chi connectivity index (χ0v) is 11.5. The summed E-state index contributed by atoms with van der Waals surface area (Å²) in [5.74, 6) is -1.12. The van der Waals surface area contributed by atoms with Crippen molar-refractivity contribution in [1.29, 1.82) is 0 Å². The molecule has 1 fully saturated rings. The van der Waals surface area contributed by atoms with Gasteiger partial charge in [0.05, 0.1) is 0 Å². The van der Waals surface area contributed by atoms with E-state index in [0.29, 0.717) is 19.1 Å². The van der Waals surface area contributed by atoms with E-state index in [4.69, 9.17) is 10.2 Å². The first-order valence-corrected chi connectivity index (χ1v) is 6.59. The lowest BCUT2D eigenvalue weighted by atomic mass is 10.2. The Morgan fingerprint density at radius 1 is 1.21 bits per heavy atom. The van der Waals surface area contributed by atoms with E-state index in [0.717, 1.165) is 13.1 Å². The SMILES string of the molecule is CC(C)N1CCN(C(=O)N[C@@H](CCO)C(=O)O)CC1. The van der Waals surface area contributed by atoms with Gasteiger partial charge >= 0.3 is 12.0 Å². The lowest BCUT2D eigenvalue weighted by Crippen LogP contribution is -2.55. The molecule has 2 amide bonds. The molecular weight excluding hydrogens is 250 g/mol. The Bertz CT molecular complexity index is 314. The first-order chi connectivity index (χ1) is 8.95. The Balaban J connectivity index is 2.44. The molecule has 1 aliphatic rings. The van der Waals surface area contributed by atoms with Crippen molar-refractivity contribution in [3.63, 3.8) is 0 Å². The number of nitrogens with one attached hydrogen (secondary N) is 1. The fraction of sp³-hybridized carbons (Fsp3) is 0.833. The zero-order valence-electron chi connectivity index (χ0n) is 11.5. The van der Waals surface area contributed by atoms with Crippen molar-refractivity contribution < 1.29 is 19.8 Å². The standard InChI is InChI=1S/C12H23N3O4/c1-9(2)14-4-6-15(7-5-14)12(19)13-10(3-8-16)11(17)18/h9-10,16H,3-8H2,1-2H3,(H,13,19)(H,17,18)/t10-/m0/s1. The van der Waals surface area contributed by atoms with E-state index in [1.165, 1.54) is 0 Å². The van der Waals surface area contributed by atoms with Crippen molar-refractivity contribution in [1.82, 2.24) is 15.1 Å². The van der Waals surface area contributed by atoms with Gasteiger partial charge in [-0.3, -0.25) is 4.90 Å². The average molecular weight is 273 g/mol. The van der Waals surface area contributed by atoms with E-state index in [1.54, 1.807) is 4.90 Å². The van der Waals surface area contributed by atoms with Gasteiger partial charge < -0.3 is 20.4 Å². The quantitative estimate of drug-likeness (QED) is 0.631. The first-order valence-electron chi connectivity index (χ1n) is 6.59. The molecule has 3 N–H and O–H groups in total. The molecule has 0 aromatic rings. The molecule has 0 bridgehead atoms. The van der Waals surface area contributed by atoms with Crippen LogP contribution in [0.15, 0.2) is 0 Å². The molecular formula is C12H23N3O4. The van der Waals surface area contributed by atoms with Crippen molar-refractivity contribution >= 4 is 12.0 Å². The van der Waals surface area contributed by atoms with Gasteiger partial charge in [-0.1, -0.05) is 0 Å². The topological polar surface area (TPSA) is 93.1 Å². The molecule has 0 aliphatic carbocycles. The summed E-state index contributed by atoms with van der Waals surface area (Å²) in [6.45, 7) is 6.73. The summed E-state index contributed by atoms with van der Waals surface area (Å²) >= 11 is 0. The third-order valence-electron chi connectivity index (χ3n) is 3.35. The lowest BCUT2D eigenvalue weighted by Gasteiger charge is -2.37. The smallest absolute Gasteiger partial charge is 0.326 e. The number of aliphatic carboxylic acids is 1. The molecule has 0 spiro atoms. The van der Waals surface area contributed by atoms with Crippen LogP contribution in [0.4, 0.5) is 4.79 Å². The maximum absolute atomic E-state index is 11.9. The molecule has 0 aromatic carbocycles. The Labute approximate surface area is 113 Å². The fourth-order valence-corrected chi connectivity index (χ4v) is 2.07. The predicted octanol–water partition coefficient (Wildman–Crippen LogP) is -0.442. The number of carbonyl (C=O) groups is 2. The fourth-order valence-electron chi connectivity index (χ4n) is 2.07. The summed E-state index contributed by atoms with van der Waals surface area (Å²) in [4.78, 5) is 26.7. The maximum Gasteiger partial charge on any atom is 0.326 e. The van der Waals surface area contributed by atoms with Gasteiger partial charge in [-0.05, 0) is 13.8 Å². The number of rotatable bonds is 5. The predicted molar refractivity (Wildman–Crippen MR) is 69.9 cm³/mol. The summed E-state index contributed by atoms with van der Waals surface area (Å²) in [5, 5.41) is 20.1. The highest BCUT2D eigenvalue weighted by molar-refractivity contribution is 5.82. The van der Waals surface area contributed by atoms with Crippen molar-refractivity contribution in [2.75, 3.05) is 32.8 Å². The second kappa shape index (κ2) is 7.30. The summed E-state index contributed by atoms with van der Waals surface area (Å²) in [6, 6.07) is -0.948.